The molecule has 0 bridgehead atoms. The molecular weight excluding hydrogens is 386 g/mol. The summed E-state index contributed by atoms with van der Waals surface area (Å²) in [4.78, 5) is 9.61. The highest BCUT2D eigenvalue weighted by Gasteiger charge is 2.14. The molecule has 5 rings (SSSR count). The van der Waals surface area contributed by atoms with Crippen LogP contribution in [0.2, 0.25) is 5.02 Å². The van der Waals surface area contributed by atoms with E-state index < -0.39 is 0 Å². The lowest BCUT2D eigenvalue weighted by Gasteiger charge is -2.01. The third kappa shape index (κ3) is 2.88. The summed E-state index contributed by atoms with van der Waals surface area (Å²) in [5, 5.41) is 10.2. The third-order valence-electron chi connectivity index (χ3n) is 4.04. The standard InChI is InChI=1S/C18H12ClN5O2S/c1-25-12-5-2-10(3-6-12)14-9-27-18-22-16(23-24(14)18)21-17-20-13-8-11(19)4-7-15(13)26-17/h2-9H,1H3,(H,20,21,23). The monoisotopic (exact) mass is 397 g/mol. The summed E-state index contributed by atoms with van der Waals surface area (Å²) in [5.74, 6) is 1.22. The molecule has 1 N–H and O–H groups in total. The Kier molecular flexibility index (Phi) is 3.73. The first-order valence-electron chi connectivity index (χ1n) is 8.01. The molecule has 0 radical (unpaired) electrons. The molecule has 0 saturated carbocycles. The lowest BCUT2D eigenvalue weighted by molar-refractivity contribution is 0.415. The smallest absolute Gasteiger partial charge is 0.302 e. The van der Waals surface area contributed by atoms with Gasteiger partial charge in [0.25, 0.3) is 5.95 Å². The van der Waals surface area contributed by atoms with Crippen LogP contribution < -0.4 is 10.1 Å². The van der Waals surface area contributed by atoms with Crippen LogP contribution >= 0.6 is 22.9 Å². The van der Waals surface area contributed by atoms with E-state index in [1.807, 2.05) is 29.6 Å². The third-order valence-corrected chi connectivity index (χ3v) is 5.09. The first kappa shape index (κ1) is 16.1. The molecule has 0 saturated heterocycles. The Hall–Kier alpha value is -3.10. The minimum absolute atomic E-state index is 0.316. The number of fused-ring (bicyclic) bond motifs is 2. The second-order valence-electron chi connectivity index (χ2n) is 5.74. The Labute approximate surface area is 162 Å². The first-order valence-corrected chi connectivity index (χ1v) is 9.27. The molecule has 0 amide bonds. The predicted molar refractivity (Wildman–Crippen MR) is 105 cm³/mol. The number of aromatic nitrogens is 4. The Morgan fingerprint density at radius 3 is 2.81 bits per heavy atom. The largest absolute Gasteiger partial charge is 0.497 e. The van der Waals surface area contributed by atoms with Crippen LogP contribution in [0.3, 0.4) is 0 Å². The molecule has 134 valence electrons. The van der Waals surface area contributed by atoms with Gasteiger partial charge in [-0.25, -0.2) is 4.52 Å². The van der Waals surface area contributed by atoms with E-state index in [-0.39, 0.29) is 0 Å². The maximum absolute atomic E-state index is 5.98. The average molecular weight is 398 g/mol. The number of methoxy groups -OCH3 is 1. The molecule has 0 unspecified atom stereocenters. The van der Waals surface area contributed by atoms with Crippen LogP contribution in [0, 0.1) is 0 Å². The van der Waals surface area contributed by atoms with Crippen molar-refractivity contribution in [3.63, 3.8) is 0 Å². The van der Waals surface area contributed by atoms with Crippen molar-refractivity contribution in [1.82, 2.24) is 19.6 Å². The SMILES string of the molecule is COc1ccc(-c2csc3nc(Nc4nc5cc(Cl)ccc5o4)nn23)cc1. The summed E-state index contributed by atoms with van der Waals surface area (Å²) in [6.07, 6.45) is 0. The Morgan fingerprint density at radius 2 is 2.00 bits per heavy atom. The number of anilines is 2. The molecule has 9 heteroatoms. The van der Waals surface area contributed by atoms with Crippen molar-refractivity contribution < 1.29 is 9.15 Å². The second-order valence-corrected chi connectivity index (χ2v) is 7.01. The van der Waals surface area contributed by atoms with Gasteiger partial charge in [-0.15, -0.1) is 16.4 Å². The van der Waals surface area contributed by atoms with E-state index in [1.165, 1.54) is 11.3 Å². The molecule has 5 aromatic rings. The van der Waals surface area contributed by atoms with E-state index in [2.05, 4.69) is 20.4 Å². The zero-order valence-electron chi connectivity index (χ0n) is 14.0. The van der Waals surface area contributed by atoms with Gasteiger partial charge in [0.2, 0.25) is 4.96 Å². The van der Waals surface area contributed by atoms with E-state index in [0.717, 1.165) is 22.0 Å². The number of benzene rings is 2. The quantitative estimate of drug-likeness (QED) is 0.459. The van der Waals surface area contributed by atoms with Crippen molar-refractivity contribution in [3.8, 4) is 17.0 Å². The molecule has 0 atom stereocenters. The van der Waals surface area contributed by atoms with Crippen molar-refractivity contribution in [1.29, 1.82) is 0 Å². The van der Waals surface area contributed by atoms with Crippen molar-refractivity contribution in [2.24, 2.45) is 0 Å². The van der Waals surface area contributed by atoms with Crippen molar-refractivity contribution in [2.45, 2.75) is 0 Å². The number of hydrogen-bond acceptors (Lipinski definition) is 7. The average Bonchev–Trinajstić information content (AvgIpc) is 3.35. The molecular formula is C18H12ClN5O2S. The van der Waals surface area contributed by atoms with Crippen molar-refractivity contribution in [3.05, 3.63) is 52.9 Å². The molecule has 0 spiro atoms. The number of rotatable bonds is 4. The van der Waals surface area contributed by atoms with Gasteiger partial charge < -0.3 is 9.15 Å². The molecule has 0 aliphatic heterocycles. The molecule has 0 aliphatic carbocycles. The minimum atomic E-state index is 0.316. The number of nitrogens with zero attached hydrogens (tertiary/aromatic N) is 4. The van der Waals surface area contributed by atoms with Crippen LogP contribution in [0.5, 0.6) is 5.75 Å². The number of halogens is 1. The van der Waals surface area contributed by atoms with Crippen LogP contribution in [0.4, 0.5) is 12.0 Å². The van der Waals surface area contributed by atoms with Crippen molar-refractivity contribution in [2.75, 3.05) is 12.4 Å². The summed E-state index contributed by atoms with van der Waals surface area (Å²) in [6.45, 7) is 0. The van der Waals surface area contributed by atoms with Gasteiger partial charge in [-0.2, -0.15) is 9.97 Å². The van der Waals surface area contributed by atoms with Gasteiger partial charge in [0.15, 0.2) is 5.58 Å². The van der Waals surface area contributed by atoms with Gasteiger partial charge in [0.1, 0.15) is 11.3 Å². The molecule has 3 heterocycles. The van der Waals surface area contributed by atoms with Crippen LogP contribution in [0.25, 0.3) is 27.3 Å². The van der Waals surface area contributed by atoms with Crippen LogP contribution in [-0.4, -0.2) is 26.7 Å². The molecule has 0 aliphatic rings. The Balaban J connectivity index is 1.48. The predicted octanol–water partition coefficient (Wildman–Crippen LogP) is 5.00. The molecule has 2 aromatic carbocycles. The van der Waals surface area contributed by atoms with Crippen LogP contribution in [0.1, 0.15) is 0 Å². The Morgan fingerprint density at radius 1 is 1.15 bits per heavy atom. The van der Waals surface area contributed by atoms with Gasteiger partial charge in [-0.1, -0.05) is 11.6 Å². The number of oxazole rings is 1. The maximum atomic E-state index is 5.98. The maximum Gasteiger partial charge on any atom is 0.302 e. The summed E-state index contributed by atoms with van der Waals surface area (Å²) in [5.41, 5.74) is 3.28. The van der Waals surface area contributed by atoms with Gasteiger partial charge in [-0.3, -0.25) is 5.32 Å². The molecule has 7 nitrogen and oxygen atoms in total. The minimum Gasteiger partial charge on any atom is -0.497 e. The topological polar surface area (TPSA) is 77.5 Å². The van der Waals surface area contributed by atoms with E-state index in [4.69, 9.17) is 20.8 Å². The second kappa shape index (κ2) is 6.26. The number of thiazole rings is 1. The van der Waals surface area contributed by atoms with E-state index in [1.54, 1.807) is 29.8 Å². The summed E-state index contributed by atoms with van der Waals surface area (Å²) >= 11 is 7.49. The fourth-order valence-corrected chi connectivity index (χ4v) is 3.74. The van der Waals surface area contributed by atoms with Gasteiger partial charge in [0.05, 0.1) is 12.8 Å². The highest BCUT2D eigenvalue weighted by molar-refractivity contribution is 7.15. The lowest BCUT2D eigenvalue weighted by atomic mass is 10.2. The fraction of sp³-hybridized carbons (Fsp3) is 0.0556. The van der Waals surface area contributed by atoms with Gasteiger partial charge >= 0.3 is 6.01 Å². The van der Waals surface area contributed by atoms with E-state index in [9.17, 15) is 0 Å². The first-order chi connectivity index (χ1) is 13.2. The summed E-state index contributed by atoms with van der Waals surface area (Å²) in [6, 6.07) is 13.4. The zero-order chi connectivity index (χ0) is 18.4. The normalized spacial score (nSPS) is 11.3. The highest BCUT2D eigenvalue weighted by atomic mass is 35.5. The van der Waals surface area contributed by atoms with Gasteiger partial charge in [0, 0.05) is 16.0 Å². The van der Waals surface area contributed by atoms with E-state index >= 15 is 0 Å². The number of nitrogens with one attached hydrogen (secondary N) is 1. The van der Waals surface area contributed by atoms with Gasteiger partial charge in [-0.05, 0) is 42.5 Å². The van der Waals surface area contributed by atoms with E-state index in [0.29, 0.717) is 28.1 Å². The van der Waals surface area contributed by atoms with Crippen LogP contribution in [-0.2, 0) is 0 Å². The fourth-order valence-electron chi connectivity index (χ4n) is 2.74. The zero-order valence-corrected chi connectivity index (χ0v) is 15.6. The van der Waals surface area contributed by atoms with Crippen molar-refractivity contribution >= 4 is 51.0 Å². The number of ether oxygens (including phenoxy) is 1. The van der Waals surface area contributed by atoms with Crippen LogP contribution in [0.15, 0.2) is 52.3 Å². The summed E-state index contributed by atoms with van der Waals surface area (Å²) < 4.78 is 12.7. The summed E-state index contributed by atoms with van der Waals surface area (Å²) in [7, 11) is 1.65. The Bertz CT molecular complexity index is 1260. The molecule has 27 heavy (non-hydrogen) atoms. The molecule has 3 aromatic heterocycles. The number of hydrogen-bond donors (Lipinski definition) is 1. The highest BCUT2D eigenvalue weighted by Crippen LogP contribution is 2.28. The lowest BCUT2D eigenvalue weighted by Crippen LogP contribution is -1.94. The molecule has 0 fully saturated rings.